The fraction of sp³-hybridized carbons (Fsp3) is 0.227. The molecule has 26 heavy (non-hydrogen) atoms. The Morgan fingerprint density at radius 1 is 0.962 bits per heavy atom. The molecule has 0 bridgehead atoms. The molecule has 0 aliphatic carbocycles. The first-order valence-corrected chi connectivity index (χ1v) is 9.05. The SMILES string of the molecule is COc1cccc(-c2[nH]c3c(ccc4ccccc43)c2CCCCN)n1. The van der Waals surface area contributed by atoms with Gasteiger partial charge in [0.2, 0.25) is 5.88 Å². The largest absolute Gasteiger partial charge is 0.481 e. The van der Waals surface area contributed by atoms with Crippen LogP contribution in [0.1, 0.15) is 18.4 Å². The van der Waals surface area contributed by atoms with Crippen LogP contribution in [0.3, 0.4) is 0 Å². The zero-order valence-corrected chi connectivity index (χ0v) is 15.0. The third kappa shape index (κ3) is 2.93. The zero-order chi connectivity index (χ0) is 17.9. The molecular formula is C22H23N3O. The molecule has 0 radical (unpaired) electrons. The highest BCUT2D eigenvalue weighted by molar-refractivity contribution is 6.08. The molecule has 2 aromatic heterocycles. The number of fused-ring (bicyclic) bond motifs is 3. The molecule has 0 saturated heterocycles. The van der Waals surface area contributed by atoms with Gasteiger partial charge in [-0.25, -0.2) is 4.98 Å². The van der Waals surface area contributed by atoms with Crippen LogP contribution in [0.25, 0.3) is 33.1 Å². The minimum absolute atomic E-state index is 0.624. The number of aromatic nitrogens is 2. The number of nitrogens with two attached hydrogens (primary N) is 1. The number of ether oxygens (including phenoxy) is 1. The normalized spacial score (nSPS) is 11.3. The molecule has 0 fully saturated rings. The van der Waals surface area contributed by atoms with Crippen LogP contribution in [-0.2, 0) is 6.42 Å². The van der Waals surface area contributed by atoms with E-state index < -0.39 is 0 Å². The molecule has 4 heteroatoms. The Kier molecular flexibility index (Phi) is 4.59. The summed E-state index contributed by atoms with van der Waals surface area (Å²) in [6, 6.07) is 18.8. The molecule has 132 valence electrons. The topological polar surface area (TPSA) is 63.9 Å². The van der Waals surface area contributed by atoms with Crippen molar-refractivity contribution in [1.82, 2.24) is 9.97 Å². The van der Waals surface area contributed by atoms with Gasteiger partial charge in [-0.1, -0.05) is 42.5 Å². The molecule has 0 aliphatic rings. The van der Waals surface area contributed by atoms with Crippen molar-refractivity contribution >= 4 is 21.7 Å². The molecule has 0 spiro atoms. The van der Waals surface area contributed by atoms with E-state index >= 15 is 0 Å². The maximum Gasteiger partial charge on any atom is 0.213 e. The average Bonchev–Trinajstić information content (AvgIpc) is 3.07. The molecule has 0 amide bonds. The van der Waals surface area contributed by atoms with Crippen LogP contribution in [0, 0.1) is 0 Å². The fourth-order valence-electron chi connectivity index (χ4n) is 3.58. The summed E-state index contributed by atoms with van der Waals surface area (Å²) in [7, 11) is 1.65. The minimum atomic E-state index is 0.624. The van der Waals surface area contributed by atoms with E-state index in [-0.39, 0.29) is 0 Å². The number of methoxy groups -OCH3 is 1. The number of nitrogens with zero attached hydrogens (tertiary/aromatic N) is 1. The van der Waals surface area contributed by atoms with Crippen LogP contribution < -0.4 is 10.5 Å². The van der Waals surface area contributed by atoms with Crippen LogP contribution in [0.5, 0.6) is 5.88 Å². The fourth-order valence-corrected chi connectivity index (χ4v) is 3.58. The summed E-state index contributed by atoms with van der Waals surface area (Å²) in [5.74, 6) is 0.624. The first-order chi connectivity index (χ1) is 12.8. The Morgan fingerprint density at radius 3 is 2.69 bits per heavy atom. The van der Waals surface area contributed by atoms with E-state index in [0.717, 1.165) is 37.2 Å². The van der Waals surface area contributed by atoms with Gasteiger partial charge < -0.3 is 15.5 Å². The second-order valence-corrected chi connectivity index (χ2v) is 6.50. The van der Waals surface area contributed by atoms with Gasteiger partial charge in [-0.05, 0) is 42.8 Å². The lowest BCUT2D eigenvalue weighted by molar-refractivity contribution is 0.398. The molecule has 2 heterocycles. The summed E-state index contributed by atoms with van der Waals surface area (Å²) in [4.78, 5) is 8.30. The maximum atomic E-state index is 5.71. The highest BCUT2D eigenvalue weighted by atomic mass is 16.5. The van der Waals surface area contributed by atoms with Crippen molar-refractivity contribution in [2.45, 2.75) is 19.3 Å². The molecule has 2 aromatic carbocycles. The van der Waals surface area contributed by atoms with Crippen LogP contribution in [-0.4, -0.2) is 23.6 Å². The van der Waals surface area contributed by atoms with E-state index in [1.807, 2.05) is 18.2 Å². The molecule has 0 atom stereocenters. The molecule has 4 rings (SSSR count). The van der Waals surface area contributed by atoms with Gasteiger partial charge in [0, 0.05) is 16.8 Å². The number of rotatable bonds is 6. The highest BCUT2D eigenvalue weighted by Gasteiger charge is 2.16. The van der Waals surface area contributed by atoms with Crippen molar-refractivity contribution in [3.05, 3.63) is 60.2 Å². The van der Waals surface area contributed by atoms with Crippen molar-refractivity contribution in [3.63, 3.8) is 0 Å². The van der Waals surface area contributed by atoms with Crippen molar-refractivity contribution < 1.29 is 4.74 Å². The Balaban J connectivity index is 1.94. The number of H-pyrrole nitrogens is 1. The number of hydrogen-bond acceptors (Lipinski definition) is 3. The number of nitrogens with one attached hydrogen (secondary N) is 1. The third-order valence-corrected chi connectivity index (χ3v) is 4.88. The Labute approximate surface area is 153 Å². The molecule has 0 unspecified atom stereocenters. The van der Waals surface area contributed by atoms with E-state index in [9.17, 15) is 0 Å². The summed E-state index contributed by atoms with van der Waals surface area (Å²) in [5.41, 5.74) is 10.2. The summed E-state index contributed by atoms with van der Waals surface area (Å²) >= 11 is 0. The lowest BCUT2D eigenvalue weighted by atomic mass is 10.0. The lowest BCUT2D eigenvalue weighted by Gasteiger charge is -2.06. The van der Waals surface area contributed by atoms with Gasteiger partial charge in [0.15, 0.2) is 0 Å². The standard InChI is InChI=1S/C22H23N3O/c1-26-20-11-6-10-19(24-20)22-17(9-4-5-14-23)18-13-12-15-7-2-3-8-16(15)21(18)25-22/h2-3,6-8,10-13,25H,4-5,9,14,23H2,1H3. The van der Waals surface area contributed by atoms with Gasteiger partial charge >= 0.3 is 0 Å². The monoisotopic (exact) mass is 345 g/mol. The minimum Gasteiger partial charge on any atom is -0.481 e. The second-order valence-electron chi connectivity index (χ2n) is 6.50. The maximum absolute atomic E-state index is 5.71. The molecule has 0 saturated carbocycles. The van der Waals surface area contributed by atoms with Gasteiger partial charge in [-0.2, -0.15) is 0 Å². The van der Waals surface area contributed by atoms with Crippen molar-refractivity contribution in [2.24, 2.45) is 5.73 Å². The van der Waals surface area contributed by atoms with Gasteiger partial charge in [0.1, 0.15) is 0 Å². The molecule has 4 nitrogen and oxygen atoms in total. The Hall–Kier alpha value is -2.85. The lowest BCUT2D eigenvalue weighted by Crippen LogP contribution is -1.99. The van der Waals surface area contributed by atoms with Gasteiger partial charge in [-0.3, -0.25) is 0 Å². The average molecular weight is 345 g/mol. The summed E-state index contributed by atoms with van der Waals surface area (Å²) < 4.78 is 5.32. The van der Waals surface area contributed by atoms with Crippen LogP contribution in [0.2, 0.25) is 0 Å². The summed E-state index contributed by atoms with van der Waals surface area (Å²) in [5, 5.41) is 3.74. The zero-order valence-electron chi connectivity index (χ0n) is 15.0. The molecule has 3 N–H and O–H groups in total. The molecular weight excluding hydrogens is 322 g/mol. The number of aromatic amines is 1. The smallest absolute Gasteiger partial charge is 0.213 e. The van der Waals surface area contributed by atoms with E-state index in [2.05, 4.69) is 46.4 Å². The van der Waals surface area contributed by atoms with Gasteiger partial charge in [0.05, 0.1) is 24.0 Å². The van der Waals surface area contributed by atoms with Crippen molar-refractivity contribution in [1.29, 1.82) is 0 Å². The first kappa shape index (κ1) is 16.6. The van der Waals surface area contributed by atoms with Crippen LogP contribution in [0.4, 0.5) is 0 Å². The first-order valence-electron chi connectivity index (χ1n) is 9.05. The van der Waals surface area contributed by atoms with E-state index in [0.29, 0.717) is 5.88 Å². The van der Waals surface area contributed by atoms with Crippen molar-refractivity contribution in [3.8, 4) is 17.3 Å². The molecule has 4 aromatic rings. The number of pyridine rings is 1. The van der Waals surface area contributed by atoms with E-state index in [1.54, 1.807) is 7.11 Å². The summed E-state index contributed by atoms with van der Waals surface area (Å²) in [6.07, 6.45) is 3.06. The van der Waals surface area contributed by atoms with Crippen molar-refractivity contribution in [2.75, 3.05) is 13.7 Å². The predicted molar refractivity (Wildman–Crippen MR) is 108 cm³/mol. The van der Waals surface area contributed by atoms with Gasteiger partial charge in [0.25, 0.3) is 0 Å². The highest BCUT2D eigenvalue weighted by Crippen LogP contribution is 2.35. The number of benzene rings is 2. The quantitative estimate of drug-likeness (QED) is 0.499. The number of hydrogen-bond donors (Lipinski definition) is 2. The van der Waals surface area contributed by atoms with Crippen LogP contribution in [0.15, 0.2) is 54.6 Å². The predicted octanol–water partition coefficient (Wildman–Crippen LogP) is 4.67. The molecule has 0 aliphatic heterocycles. The van der Waals surface area contributed by atoms with E-state index in [1.165, 1.54) is 27.2 Å². The number of unbranched alkanes of at least 4 members (excludes halogenated alkanes) is 1. The Morgan fingerprint density at radius 2 is 1.85 bits per heavy atom. The third-order valence-electron chi connectivity index (χ3n) is 4.88. The second kappa shape index (κ2) is 7.18. The summed E-state index contributed by atoms with van der Waals surface area (Å²) in [6.45, 7) is 0.720. The number of aryl methyl sites for hydroxylation is 1. The van der Waals surface area contributed by atoms with Gasteiger partial charge in [-0.15, -0.1) is 0 Å². The Bertz CT molecular complexity index is 1050. The van der Waals surface area contributed by atoms with Crippen LogP contribution >= 0.6 is 0 Å². The van der Waals surface area contributed by atoms with E-state index in [4.69, 9.17) is 10.5 Å².